The first-order valence-corrected chi connectivity index (χ1v) is 5.86. The molecule has 0 aliphatic rings. The van der Waals surface area contributed by atoms with Crippen LogP contribution in [0, 0.1) is 4.78 Å². The van der Waals surface area contributed by atoms with Crippen LogP contribution in [0.1, 0.15) is 31.2 Å². The zero-order valence-electron chi connectivity index (χ0n) is 8.10. The standard InChI is InChI=1S/C8H13N3O2S/c1-6(2)7-3-10-8(11-4-7)5-14(9,12)13/h3-4,6H,5H2,1-2H3,(H2,9,12,13). The highest BCUT2D eigenvalue weighted by atomic mass is 32.2. The Balaban J connectivity index is 2.84. The topological polar surface area (TPSA) is 86.9 Å². The molecule has 2 N–H and O–H groups in total. The Bertz CT molecular complexity index is 397. The van der Waals surface area contributed by atoms with Gasteiger partial charge in [-0.3, -0.25) is 0 Å². The lowest BCUT2D eigenvalue weighted by molar-refractivity contribution is 0.546. The van der Waals surface area contributed by atoms with Gasteiger partial charge in [-0.2, -0.15) is 0 Å². The maximum Gasteiger partial charge on any atom is 0.165 e. The number of nitrogens with zero attached hydrogens (tertiary/aromatic N) is 2. The van der Waals surface area contributed by atoms with Crippen molar-refractivity contribution in [1.82, 2.24) is 9.97 Å². The van der Waals surface area contributed by atoms with Crippen LogP contribution in [0.5, 0.6) is 0 Å². The lowest BCUT2D eigenvalue weighted by Gasteiger charge is -2.04. The molecule has 78 valence electrons. The fraction of sp³-hybridized carbons (Fsp3) is 0.500. The van der Waals surface area contributed by atoms with Crippen molar-refractivity contribution in [3.63, 3.8) is 0 Å². The van der Waals surface area contributed by atoms with Crippen molar-refractivity contribution < 1.29 is 8.76 Å². The minimum atomic E-state index is -3.54. The summed E-state index contributed by atoms with van der Waals surface area (Å²) in [6.45, 7) is 4.02. The SMILES string of the molecule is CC(C)c1cnc(CS(=N)(=O)O)nc1. The maximum atomic E-state index is 10.7. The molecule has 0 aliphatic heterocycles. The zero-order valence-corrected chi connectivity index (χ0v) is 8.91. The molecule has 1 heterocycles. The second kappa shape index (κ2) is 4.02. The molecule has 5 nitrogen and oxygen atoms in total. The average molecular weight is 215 g/mol. The first kappa shape index (κ1) is 11.1. The molecular formula is C8H13N3O2S. The van der Waals surface area contributed by atoms with E-state index in [0.717, 1.165) is 5.56 Å². The monoisotopic (exact) mass is 215 g/mol. The maximum absolute atomic E-state index is 10.7. The summed E-state index contributed by atoms with van der Waals surface area (Å²) < 4.78 is 26.3. The van der Waals surface area contributed by atoms with E-state index in [1.807, 2.05) is 13.8 Å². The molecule has 0 amide bonds. The van der Waals surface area contributed by atoms with E-state index in [0.29, 0.717) is 5.92 Å². The molecule has 0 radical (unpaired) electrons. The number of rotatable bonds is 3. The molecule has 0 spiro atoms. The van der Waals surface area contributed by atoms with Crippen LogP contribution in [0.15, 0.2) is 12.4 Å². The van der Waals surface area contributed by atoms with Crippen molar-refractivity contribution in [3.8, 4) is 0 Å². The molecule has 1 aromatic rings. The van der Waals surface area contributed by atoms with Gasteiger partial charge in [-0.1, -0.05) is 13.8 Å². The van der Waals surface area contributed by atoms with Gasteiger partial charge in [-0.25, -0.2) is 19.0 Å². The minimum absolute atomic E-state index is 0.233. The third-order valence-corrected chi connectivity index (χ3v) is 2.37. The summed E-state index contributed by atoms with van der Waals surface area (Å²) in [5.41, 5.74) is 0.975. The molecule has 14 heavy (non-hydrogen) atoms. The van der Waals surface area contributed by atoms with Gasteiger partial charge in [0.15, 0.2) is 10.0 Å². The Labute approximate surface area is 83.4 Å². The molecule has 0 fully saturated rings. The third-order valence-electron chi connectivity index (χ3n) is 1.72. The molecule has 0 aromatic carbocycles. The summed E-state index contributed by atoms with van der Waals surface area (Å²) in [5.74, 6) is 0.251. The Hall–Kier alpha value is -1.01. The van der Waals surface area contributed by atoms with Crippen LogP contribution in [0.25, 0.3) is 0 Å². The van der Waals surface area contributed by atoms with Crippen LogP contribution in [-0.2, 0) is 15.8 Å². The van der Waals surface area contributed by atoms with Gasteiger partial charge in [0, 0.05) is 12.4 Å². The van der Waals surface area contributed by atoms with E-state index in [2.05, 4.69) is 9.97 Å². The normalized spacial score (nSPS) is 15.4. The largest absolute Gasteiger partial charge is 0.300 e. The van der Waals surface area contributed by atoms with Crippen LogP contribution in [0.3, 0.4) is 0 Å². The number of hydrogen-bond acceptors (Lipinski definition) is 4. The lowest BCUT2D eigenvalue weighted by atomic mass is 10.1. The summed E-state index contributed by atoms with van der Waals surface area (Å²) in [5, 5.41) is 0. The molecule has 1 rings (SSSR count). The molecule has 0 bridgehead atoms. The van der Waals surface area contributed by atoms with Crippen molar-refractivity contribution in [2.45, 2.75) is 25.5 Å². The summed E-state index contributed by atoms with van der Waals surface area (Å²) in [7, 11) is -3.54. The van der Waals surface area contributed by atoms with Gasteiger partial charge in [-0.05, 0) is 11.5 Å². The second-order valence-corrected chi connectivity index (χ2v) is 4.94. The van der Waals surface area contributed by atoms with E-state index in [9.17, 15) is 4.21 Å². The van der Waals surface area contributed by atoms with Crippen molar-refractivity contribution in [2.24, 2.45) is 0 Å². The Morgan fingerprint density at radius 2 is 2.00 bits per heavy atom. The molecule has 6 heteroatoms. The summed E-state index contributed by atoms with van der Waals surface area (Å²) in [6.07, 6.45) is 3.25. The summed E-state index contributed by atoms with van der Waals surface area (Å²) >= 11 is 0. The minimum Gasteiger partial charge on any atom is -0.300 e. The van der Waals surface area contributed by atoms with Crippen molar-refractivity contribution >= 4 is 10.0 Å². The van der Waals surface area contributed by atoms with E-state index >= 15 is 0 Å². The van der Waals surface area contributed by atoms with E-state index in [-0.39, 0.29) is 11.6 Å². The van der Waals surface area contributed by atoms with E-state index in [1.54, 1.807) is 12.4 Å². The Morgan fingerprint density at radius 1 is 1.50 bits per heavy atom. The fourth-order valence-electron chi connectivity index (χ4n) is 0.912. The number of nitrogens with one attached hydrogen (secondary N) is 1. The molecular weight excluding hydrogens is 202 g/mol. The van der Waals surface area contributed by atoms with Crippen LogP contribution >= 0.6 is 0 Å². The van der Waals surface area contributed by atoms with Crippen LogP contribution in [0.4, 0.5) is 0 Å². The first-order chi connectivity index (χ1) is 6.38. The van der Waals surface area contributed by atoms with E-state index < -0.39 is 10.0 Å². The molecule has 1 unspecified atom stereocenters. The molecule has 0 saturated heterocycles. The second-order valence-electron chi connectivity index (χ2n) is 3.37. The van der Waals surface area contributed by atoms with Gasteiger partial charge < -0.3 is 4.55 Å². The quantitative estimate of drug-likeness (QED) is 0.802. The highest BCUT2D eigenvalue weighted by molar-refractivity contribution is 7.86. The molecule has 0 saturated carbocycles. The summed E-state index contributed by atoms with van der Waals surface area (Å²) in [4.78, 5) is 7.83. The van der Waals surface area contributed by atoms with Gasteiger partial charge in [0.25, 0.3) is 0 Å². The Kier molecular flexibility index (Phi) is 3.17. The molecule has 1 aromatic heterocycles. The van der Waals surface area contributed by atoms with Gasteiger partial charge in [0.1, 0.15) is 11.6 Å². The third kappa shape index (κ3) is 3.39. The van der Waals surface area contributed by atoms with Gasteiger partial charge >= 0.3 is 0 Å². The number of aromatic nitrogens is 2. The fourth-order valence-corrected chi connectivity index (χ4v) is 1.41. The summed E-state index contributed by atoms with van der Waals surface area (Å²) in [6, 6.07) is 0. The van der Waals surface area contributed by atoms with Crippen molar-refractivity contribution in [2.75, 3.05) is 0 Å². The zero-order chi connectivity index (χ0) is 10.8. The first-order valence-electron chi connectivity index (χ1n) is 4.18. The highest BCUT2D eigenvalue weighted by Gasteiger charge is 2.06. The predicted octanol–water partition coefficient (Wildman–Crippen LogP) is 1.62. The van der Waals surface area contributed by atoms with Gasteiger partial charge in [0.05, 0.1) is 0 Å². The average Bonchev–Trinajstić information content (AvgIpc) is 2.02. The molecule has 1 atom stereocenters. The smallest absolute Gasteiger partial charge is 0.165 e. The van der Waals surface area contributed by atoms with Crippen molar-refractivity contribution in [3.05, 3.63) is 23.8 Å². The van der Waals surface area contributed by atoms with E-state index in [1.165, 1.54) is 0 Å². The predicted molar refractivity (Wildman–Crippen MR) is 53.3 cm³/mol. The van der Waals surface area contributed by atoms with Gasteiger partial charge in [-0.15, -0.1) is 0 Å². The highest BCUT2D eigenvalue weighted by Crippen LogP contribution is 2.11. The van der Waals surface area contributed by atoms with Gasteiger partial charge in [0.2, 0.25) is 0 Å². The van der Waals surface area contributed by atoms with E-state index in [4.69, 9.17) is 9.33 Å². The Morgan fingerprint density at radius 3 is 2.36 bits per heavy atom. The van der Waals surface area contributed by atoms with Crippen molar-refractivity contribution in [1.29, 1.82) is 4.78 Å². The van der Waals surface area contributed by atoms with Crippen LogP contribution in [-0.4, -0.2) is 18.7 Å². The van der Waals surface area contributed by atoms with Crippen LogP contribution in [0.2, 0.25) is 0 Å². The molecule has 0 aliphatic carbocycles. The number of hydrogen-bond donors (Lipinski definition) is 2. The van der Waals surface area contributed by atoms with Crippen LogP contribution < -0.4 is 0 Å². The lowest BCUT2D eigenvalue weighted by Crippen LogP contribution is -2.05.